The minimum absolute atomic E-state index is 0.604. The van der Waals surface area contributed by atoms with Gasteiger partial charge < -0.3 is 10.5 Å². The molecule has 0 radical (unpaired) electrons. The monoisotopic (exact) mass is 338 g/mol. The lowest BCUT2D eigenvalue weighted by Gasteiger charge is -2.07. The molecule has 0 bridgehead atoms. The van der Waals surface area contributed by atoms with Gasteiger partial charge in [-0.25, -0.2) is 9.97 Å². The molecule has 0 aliphatic carbocycles. The molecule has 3 heterocycles. The number of thiophene rings is 1. The van der Waals surface area contributed by atoms with Crippen LogP contribution in [0.3, 0.4) is 0 Å². The van der Waals surface area contributed by atoms with Gasteiger partial charge >= 0.3 is 0 Å². The van der Waals surface area contributed by atoms with Crippen molar-refractivity contribution < 1.29 is 5.21 Å². The van der Waals surface area contributed by atoms with Crippen molar-refractivity contribution >= 4 is 28.7 Å². The van der Waals surface area contributed by atoms with Gasteiger partial charge in [-0.05, 0) is 62.2 Å². The number of hydrogen-bond donors (Lipinski definition) is 2. The first kappa shape index (κ1) is 16.1. The van der Waals surface area contributed by atoms with Crippen molar-refractivity contribution in [2.75, 3.05) is 5.32 Å². The van der Waals surface area contributed by atoms with Gasteiger partial charge in [-0.2, -0.15) is 0 Å². The third-order valence-electron chi connectivity index (χ3n) is 3.58. The van der Waals surface area contributed by atoms with Gasteiger partial charge in [0.15, 0.2) is 0 Å². The SMILES string of the molecule is C/C(=N\O)c1cc(C)c(-c2cccc(Nc3cc(C)ccn3)n2)s1. The standard InChI is InChI=1S/C18H18N4OS/c1-11-7-8-19-17(9-11)21-16-6-4-5-14(20-16)18-12(2)10-15(24-18)13(3)22-23/h4-10,23H,1-3H3,(H,19,20,21)/b22-13+. The molecular weight excluding hydrogens is 320 g/mol. The molecule has 6 heteroatoms. The molecule has 3 aromatic rings. The second kappa shape index (κ2) is 6.80. The van der Waals surface area contributed by atoms with Gasteiger partial charge in [0.25, 0.3) is 0 Å². The Labute approximate surface area is 144 Å². The molecule has 5 nitrogen and oxygen atoms in total. The lowest BCUT2D eigenvalue weighted by Crippen LogP contribution is -1.96. The number of oxime groups is 1. The Bertz CT molecular complexity index is 902. The number of pyridine rings is 2. The fourth-order valence-corrected chi connectivity index (χ4v) is 3.41. The van der Waals surface area contributed by atoms with Gasteiger partial charge in [0.1, 0.15) is 11.6 Å². The lowest BCUT2D eigenvalue weighted by atomic mass is 10.2. The van der Waals surface area contributed by atoms with E-state index in [1.807, 2.05) is 50.2 Å². The Kier molecular flexibility index (Phi) is 4.57. The van der Waals surface area contributed by atoms with Gasteiger partial charge in [-0.1, -0.05) is 11.2 Å². The largest absolute Gasteiger partial charge is 0.411 e. The van der Waals surface area contributed by atoms with Crippen molar-refractivity contribution in [3.63, 3.8) is 0 Å². The molecule has 0 aromatic carbocycles. The summed E-state index contributed by atoms with van der Waals surface area (Å²) in [6, 6.07) is 11.8. The highest BCUT2D eigenvalue weighted by atomic mass is 32.1. The summed E-state index contributed by atoms with van der Waals surface area (Å²) in [5, 5.41) is 15.5. The minimum atomic E-state index is 0.604. The van der Waals surface area contributed by atoms with E-state index in [-0.39, 0.29) is 0 Å². The highest BCUT2D eigenvalue weighted by molar-refractivity contribution is 7.17. The Morgan fingerprint density at radius 1 is 1.17 bits per heavy atom. The Balaban J connectivity index is 1.92. The van der Waals surface area contributed by atoms with Crippen molar-refractivity contribution in [2.24, 2.45) is 5.16 Å². The summed E-state index contributed by atoms with van der Waals surface area (Å²) in [4.78, 5) is 11.0. The summed E-state index contributed by atoms with van der Waals surface area (Å²) >= 11 is 1.57. The lowest BCUT2D eigenvalue weighted by molar-refractivity contribution is 0.319. The second-order valence-corrected chi connectivity index (χ2v) is 6.61. The maximum atomic E-state index is 8.95. The highest BCUT2D eigenvalue weighted by Gasteiger charge is 2.12. The summed E-state index contributed by atoms with van der Waals surface area (Å²) in [5.41, 5.74) is 3.73. The molecule has 0 saturated carbocycles. The van der Waals surface area contributed by atoms with E-state index in [1.165, 1.54) is 0 Å². The molecule has 0 amide bonds. The van der Waals surface area contributed by atoms with Gasteiger partial charge in [0.05, 0.1) is 21.2 Å². The van der Waals surface area contributed by atoms with Gasteiger partial charge in [0.2, 0.25) is 0 Å². The van der Waals surface area contributed by atoms with Gasteiger partial charge in [-0.15, -0.1) is 11.3 Å². The molecule has 0 atom stereocenters. The van der Waals surface area contributed by atoms with Crippen LogP contribution < -0.4 is 5.32 Å². The zero-order chi connectivity index (χ0) is 17.1. The number of aromatic nitrogens is 2. The molecule has 0 spiro atoms. The van der Waals surface area contributed by atoms with E-state index < -0.39 is 0 Å². The first-order valence-electron chi connectivity index (χ1n) is 7.53. The summed E-state index contributed by atoms with van der Waals surface area (Å²) < 4.78 is 0. The number of nitrogens with one attached hydrogen (secondary N) is 1. The smallest absolute Gasteiger partial charge is 0.132 e. The minimum Gasteiger partial charge on any atom is -0.411 e. The van der Waals surface area contributed by atoms with E-state index in [0.29, 0.717) is 5.71 Å². The third kappa shape index (κ3) is 3.44. The number of anilines is 2. The number of hydrogen-bond acceptors (Lipinski definition) is 6. The first-order chi connectivity index (χ1) is 11.6. The van der Waals surface area contributed by atoms with Crippen LogP contribution in [0.5, 0.6) is 0 Å². The van der Waals surface area contributed by atoms with Crippen LogP contribution in [0.2, 0.25) is 0 Å². The third-order valence-corrected chi connectivity index (χ3v) is 4.95. The molecular formula is C18H18N4OS. The Hall–Kier alpha value is -2.73. The van der Waals surface area contributed by atoms with Crippen LogP contribution in [0.1, 0.15) is 22.9 Å². The van der Waals surface area contributed by atoms with E-state index >= 15 is 0 Å². The predicted octanol–water partition coefficient (Wildman–Crippen LogP) is 4.76. The molecule has 0 unspecified atom stereocenters. The topological polar surface area (TPSA) is 70.4 Å². The Morgan fingerprint density at radius 2 is 2.00 bits per heavy atom. The molecule has 3 rings (SSSR count). The quantitative estimate of drug-likeness (QED) is 0.408. The second-order valence-electron chi connectivity index (χ2n) is 5.56. The first-order valence-corrected chi connectivity index (χ1v) is 8.35. The van der Waals surface area contributed by atoms with E-state index in [0.717, 1.165) is 38.2 Å². The zero-order valence-corrected chi connectivity index (χ0v) is 14.6. The zero-order valence-electron chi connectivity index (χ0n) is 13.7. The van der Waals surface area contributed by atoms with E-state index in [9.17, 15) is 0 Å². The van der Waals surface area contributed by atoms with E-state index in [2.05, 4.69) is 20.4 Å². The average Bonchev–Trinajstić information content (AvgIpc) is 2.96. The van der Waals surface area contributed by atoms with E-state index in [4.69, 9.17) is 5.21 Å². The van der Waals surface area contributed by atoms with Crippen molar-refractivity contribution in [1.29, 1.82) is 0 Å². The maximum absolute atomic E-state index is 8.95. The van der Waals surface area contributed by atoms with Crippen LogP contribution >= 0.6 is 11.3 Å². The Morgan fingerprint density at radius 3 is 2.75 bits per heavy atom. The molecule has 3 aromatic heterocycles. The molecule has 0 aliphatic heterocycles. The van der Waals surface area contributed by atoms with E-state index in [1.54, 1.807) is 24.5 Å². The van der Waals surface area contributed by atoms with Crippen LogP contribution in [-0.4, -0.2) is 20.9 Å². The van der Waals surface area contributed by atoms with Crippen molar-refractivity contribution in [3.05, 3.63) is 58.6 Å². The number of aryl methyl sites for hydroxylation is 2. The maximum Gasteiger partial charge on any atom is 0.132 e. The molecule has 0 aliphatic rings. The van der Waals surface area contributed by atoms with Crippen molar-refractivity contribution in [3.8, 4) is 10.6 Å². The van der Waals surface area contributed by atoms with Crippen molar-refractivity contribution in [2.45, 2.75) is 20.8 Å². The fourth-order valence-electron chi connectivity index (χ4n) is 2.33. The van der Waals surface area contributed by atoms with Crippen LogP contribution in [0.15, 0.2) is 47.8 Å². The molecule has 0 saturated heterocycles. The van der Waals surface area contributed by atoms with Crippen LogP contribution in [0, 0.1) is 13.8 Å². The van der Waals surface area contributed by atoms with Crippen LogP contribution in [-0.2, 0) is 0 Å². The van der Waals surface area contributed by atoms with Crippen LogP contribution in [0.25, 0.3) is 10.6 Å². The predicted molar refractivity (Wildman–Crippen MR) is 98.5 cm³/mol. The number of rotatable bonds is 4. The highest BCUT2D eigenvalue weighted by Crippen LogP contribution is 2.32. The summed E-state index contributed by atoms with van der Waals surface area (Å²) in [5.74, 6) is 1.51. The molecule has 24 heavy (non-hydrogen) atoms. The van der Waals surface area contributed by atoms with Gasteiger partial charge in [0, 0.05) is 6.20 Å². The molecule has 0 fully saturated rings. The van der Waals surface area contributed by atoms with Crippen molar-refractivity contribution in [1.82, 2.24) is 9.97 Å². The van der Waals surface area contributed by atoms with Crippen LogP contribution in [0.4, 0.5) is 11.6 Å². The normalized spacial score (nSPS) is 11.5. The summed E-state index contributed by atoms with van der Waals surface area (Å²) in [7, 11) is 0. The summed E-state index contributed by atoms with van der Waals surface area (Å²) in [6.45, 7) is 5.84. The molecule has 122 valence electrons. The molecule has 2 N–H and O–H groups in total. The average molecular weight is 338 g/mol. The van der Waals surface area contributed by atoms with Gasteiger partial charge in [-0.3, -0.25) is 0 Å². The summed E-state index contributed by atoms with van der Waals surface area (Å²) in [6.07, 6.45) is 1.77. The number of nitrogens with zero attached hydrogens (tertiary/aromatic N) is 3. The fraction of sp³-hybridized carbons (Fsp3) is 0.167.